The van der Waals surface area contributed by atoms with Gasteiger partial charge in [0.1, 0.15) is 0 Å². The van der Waals surface area contributed by atoms with E-state index >= 15 is 0 Å². The number of hydrogen-bond acceptors (Lipinski definition) is 5. The standard InChI is InChI=1S/C11H11N5O/c12-7-9-6-8(2-5-13-9)10(17)16-11-14-3-1-4-15-11/h1-6H,7,12H2,(H,14,15,16,17). The first-order valence-electron chi connectivity index (χ1n) is 5.03. The molecule has 1 amide bonds. The molecule has 0 atom stereocenters. The van der Waals surface area contributed by atoms with E-state index in [-0.39, 0.29) is 11.9 Å². The van der Waals surface area contributed by atoms with E-state index in [4.69, 9.17) is 5.73 Å². The maximum absolute atomic E-state index is 11.8. The molecule has 0 aliphatic carbocycles. The molecule has 0 unspecified atom stereocenters. The molecule has 0 aliphatic heterocycles. The Balaban J connectivity index is 2.14. The molecule has 3 N–H and O–H groups in total. The number of nitrogens with one attached hydrogen (secondary N) is 1. The van der Waals surface area contributed by atoms with Gasteiger partial charge < -0.3 is 5.73 Å². The summed E-state index contributed by atoms with van der Waals surface area (Å²) in [7, 11) is 0. The van der Waals surface area contributed by atoms with Crippen LogP contribution in [0, 0.1) is 0 Å². The monoisotopic (exact) mass is 229 g/mol. The van der Waals surface area contributed by atoms with E-state index in [1.54, 1.807) is 36.8 Å². The molecule has 0 saturated carbocycles. The Bertz CT molecular complexity index is 514. The Kier molecular flexibility index (Phi) is 3.37. The fourth-order valence-corrected chi connectivity index (χ4v) is 1.27. The molecule has 0 aromatic carbocycles. The zero-order valence-electron chi connectivity index (χ0n) is 9.00. The van der Waals surface area contributed by atoms with E-state index in [9.17, 15) is 4.79 Å². The van der Waals surface area contributed by atoms with E-state index in [0.29, 0.717) is 17.8 Å². The van der Waals surface area contributed by atoms with Crippen molar-refractivity contribution in [1.29, 1.82) is 0 Å². The molecule has 0 aliphatic rings. The second kappa shape index (κ2) is 5.13. The van der Waals surface area contributed by atoms with Crippen LogP contribution in [0.2, 0.25) is 0 Å². The van der Waals surface area contributed by atoms with E-state index in [2.05, 4.69) is 20.3 Å². The minimum atomic E-state index is -0.284. The molecule has 6 nitrogen and oxygen atoms in total. The Morgan fingerprint density at radius 3 is 2.71 bits per heavy atom. The largest absolute Gasteiger partial charge is 0.325 e. The van der Waals surface area contributed by atoms with Crippen molar-refractivity contribution in [3.8, 4) is 0 Å². The van der Waals surface area contributed by atoms with Gasteiger partial charge in [0.2, 0.25) is 5.95 Å². The highest BCUT2D eigenvalue weighted by molar-refractivity contribution is 6.03. The molecule has 2 rings (SSSR count). The van der Waals surface area contributed by atoms with Gasteiger partial charge in [-0.1, -0.05) is 0 Å². The van der Waals surface area contributed by atoms with Crippen LogP contribution >= 0.6 is 0 Å². The number of amides is 1. The molecule has 6 heteroatoms. The lowest BCUT2D eigenvalue weighted by Gasteiger charge is -2.03. The zero-order chi connectivity index (χ0) is 12.1. The van der Waals surface area contributed by atoms with Gasteiger partial charge in [-0.3, -0.25) is 15.1 Å². The smallest absolute Gasteiger partial charge is 0.258 e. The van der Waals surface area contributed by atoms with Gasteiger partial charge in [0.25, 0.3) is 5.91 Å². The zero-order valence-corrected chi connectivity index (χ0v) is 9.00. The summed E-state index contributed by atoms with van der Waals surface area (Å²) >= 11 is 0. The van der Waals surface area contributed by atoms with Crippen LogP contribution in [-0.2, 0) is 6.54 Å². The summed E-state index contributed by atoms with van der Waals surface area (Å²) in [6, 6.07) is 4.92. The second-order valence-electron chi connectivity index (χ2n) is 3.27. The highest BCUT2D eigenvalue weighted by Gasteiger charge is 2.07. The van der Waals surface area contributed by atoms with Crippen LogP contribution in [0.4, 0.5) is 5.95 Å². The molecule has 2 aromatic heterocycles. The van der Waals surface area contributed by atoms with Crippen molar-refractivity contribution in [3.63, 3.8) is 0 Å². The first-order chi connectivity index (χ1) is 8.29. The Labute approximate surface area is 97.9 Å². The number of pyridine rings is 1. The topological polar surface area (TPSA) is 93.8 Å². The first kappa shape index (κ1) is 11.2. The van der Waals surface area contributed by atoms with E-state index in [0.717, 1.165) is 0 Å². The Morgan fingerprint density at radius 2 is 2.00 bits per heavy atom. The van der Waals surface area contributed by atoms with Gasteiger partial charge in [-0.25, -0.2) is 9.97 Å². The van der Waals surface area contributed by atoms with Crippen molar-refractivity contribution in [2.75, 3.05) is 5.32 Å². The predicted octanol–water partition coefficient (Wildman–Crippen LogP) is 0.583. The number of anilines is 1. The highest BCUT2D eigenvalue weighted by Crippen LogP contribution is 2.04. The summed E-state index contributed by atoms with van der Waals surface area (Å²) < 4.78 is 0. The lowest BCUT2D eigenvalue weighted by atomic mass is 10.2. The van der Waals surface area contributed by atoms with Crippen molar-refractivity contribution < 1.29 is 4.79 Å². The summed E-state index contributed by atoms with van der Waals surface area (Å²) in [5.41, 5.74) is 6.59. The number of carbonyl (C=O) groups excluding carboxylic acids is 1. The highest BCUT2D eigenvalue weighted by atomic mass is 16.1. The van der Waals surface area contributed by atoms with Gasteiger partial charge in [0, 0.05) is 30.7 Å². The Hall–Kier alpha value is -2.34. The van der Waals surface area contributed by atoms with Crippen molar-refractivity contribution in [3.05, 3.63) is 48.0 Å². The lowest BCUT2D eigenvalue weighted by Crippen LogP contribution is -2.14. The summed E-state index contributed by atoms with van der Waals surface area (Å²) in [4.78, 5) is 23.6. The lowest BCUT2D eigenvalue weighted by molar-refractivity contribution is 0.102. The number of nitrogens with two attached hydrogens (primary N) is 1. The van der Waals surface area contributed by atoms with Gasteiger partial charge in [-0.15, -0.1) is 0 Å². The Morgan fingerprint density at radius 1 is 1.24 bits per heavy atom. The predicted molar refractivity (Wildman–Crippen MR) is 62.1 cm³/mol. The fourth-order valence-electron chi connectivity index (χ4n) is 1.27. The van der Waals surface area contributed by atoms with Gasteiger partial charge >= 0.3 is 0 Å². The van der Waals surface area contributed by atoms with Gasteiger partial charge in [-0.05, 0) is 18.2 Å². The minimum Gasteiger partial charge on any atom is -0.325 e. The van der Waals surface area contributed by atoms with Crippen LogP contribution in [0.3, 0.4) is 0 Å². The average Bonchev–Trinajstić information content (AvgIpc) is 2.40. The third-order valence-electron chi connectivity index (χ3n) is 2.08. The van der Waals surface area contributed by atoms with Gasteiger partial charge in [0.05, 0.1) is 5.69 Å². The minimum absolute atomic E-state index is 0.267. The maximum atomic E-state index is 11.8. The van der Waals surface area contributed by atoms with Crippen LogP contribution in [0.25, 0.3) is 0 Å². The first-order valence-corrected chi connectivity index (χ1v) is 5.03. The molecular formula is C11H11N5O. The van der Waals surface area contributed by atoms with Crippen molar-refractivity contribution in [1.82, 2.24) is 15.0 Å². The van der Waals surface area contributed by atoms with E-state index < -0.39 is 0 Å². The molecular weight excluding hydrogens is 218 g/mol. The number of rotatable bonds is 3. The molecule has 0 spiro atoms. The summed E-state index contributed by atoms with van der Waals surface area (Å²) in [5, 5.41) is 2.58. The normalized spacial score (nSPS) is 9.94. The molecule has 0 fully saturated rings. The summed E-state index contributed by atoms with van der Waals surface area (Å²) in [6.07, 6.45) is 4.66. The van der Waals surface area contributed by atoms with Crippen molar-refractivity contribution >= 4 is 11.9 Å². The van der Waals surface area contributed by atoms with Crippen LogP contribution < -0.4 is 11.1 Å². The van der Waals surface area contributed by atoms with Crippen molar-refractivity contribution in [2.45, 2.75) is 6.54 Å². The molecule has 86 valence electrons. The quantitative estimate of drug-likeness (QED) is 0.803. The SMILES string of the molecule is NCc1cc(C(=O)Nc2ncccn2)ccn1. The average molecular weight is 229 g/mol. The number of nitrogens with zero attached hydrogens (tertiary/aromatic N) is 3. The molecule has 2 heterocycles. The number of carbonyl (C=O) groups is 1. The third-order valence-corrected chi connectivity index (χ3v) is 2.08. The van der Waals surface area contributed by atoms with E-state index in [1.165, 1.54) is 0 Å². The number of hydrogen-bond donors (Lipinski definition) is 2. The molecule has 0 bridgehead atoms. The van der Waals surface area contributed by atoms with Crippen molar-refractivity contribution in [2.24, 2.45) is 5.73 Å². The number of aromatic nitrogens is 3. The van der Waals surface area contributed by atoms with E-state index in [1.807, 2.05) is 0 Å². The van der Waals surface area contributed by atoms with Gasteiger partial charge in [0.15, 0.2) is 0 Å². The van der Waals surface area contributed by atoms with Crippen LogP contribution in [0.5, 0.6) is 0 Å². The molecule has 17 heavy (non-hydrogen) atoms. The maximum Gasteiger partial charge on any atom is 0.258 e. The van der Waals surface area contributed by atoms with Crippen LogP contribution in [0.1, 0.15) is 16.1 Å². The second-order valence-corrected chi connectivity index (χ2v) is 3.27. The third kappa shape index (κ3) is 2.82. The van der Waals surface area contributed by atoms with Crippen LogP contribution in [0.15, 0.2) is 36.8 Å². The summed E-state index contributed by atoms with van der Waals surface area (Å²) in [6.45, 7) is 0.295. The molecule has 0 radical (unpaired) electrons. The fraction of sp³-hybridized carbons (Fsp3) is 0.0909. The molecule has 0 saturated heterocycles. The van der Waals surface area contributed by atoms with Gasteiger partial charge in [-0.2, -0.15) is 0 Å². The summed E-state index contributed by atoms with van der Waals surface area (Å²) in [5.74, 6) is -0.0167. The molecule has 2 aromatic rings. The van der Waals surface area contributed by atoms with Crippen LogP contribution in [-0.4, -0.2) is 20.9 Å².